The van der Waals surface area contributed by atoms with E-state index in [1.165, 1.54) is 0 Å². The van der Waals surface area contributed by atoms with E-state index in [0.29, 0.717) is 12.5 Å². The summed E-state index contributed by atoms with van der Waals surface area (Å²) < 4.78 is 0. The Bertz CT molecular complexity index is 211. The highest BCUT2D eigenvalue weighted by Gasteiger charge is 2.14. The molecule has 0 saturated heterocycles. The monoisotopic (exact) mass is 179 g/mol. The molecule has 0 aliphatic carbocycles. The average molecular weight is 179 g/mol. The molecule has 2 atom stereocenters. The van der Waals surface area contributed by atoms with Crippen molar-refractivity contribution >= 4 is 0 Å². The number of nitrogens with zero attached hydrogens (tertiary/aromatic N) is 3. The van der Waals surface area contributed by atoms with Crippen LogP contribution in [0, 0.1) is 28.6 Å². The van der Waals surface area contributed by atoms with Crippen LogP contribution >= 0.6 is 0 Å². The molecule has 3 heteroatoms. The molecule has 13 heavy (non-hydrogen) atoms. The van der Waals surface area contributed by atoms with Gasteiger partial charge in [0.15, 0.2) is 0 Å². The third-order valence-corrected chi connectivity index (χ3v) is 2.20. The molecule has 0 aliphatic rings. The van der Waals surface area contributed by atoms with Crippen molar-refractivity contribution in [1.82, 2.24) is 4.90 Å². The lowest BCUT2D eigenvalue weighted by Gasteiger charge is -2.25. The maximum atomic E-state index is 8.63. The molecule has 0 aromatic heterocycles. The molecule has 2 unspecified atom stereocenters. The lowest BCUT2D eigenvalue weighted by molar-refractivity contribution is 0.223. The van der Waals surface area contributed by atoms with Crippen molar-refractivity contribution in [2.75, 3.05) is 13.6 Å². The summed E-state index contributed by atoms with van der Waals surface area (Å²) in [5, 5.41) is 17.2. The van der Waals surface area contributed by atoms with Crippen LogP contribution in [0.4, 0.5) is 0 Å². The van der Waals surface area contributed by atoms with E-state index in [1.807, 2.05) is 14.0 Å². The van der Waals surface area contributed by atoms with Crippen LogP contribution in [-0.4, -0.2) is 24.5 Å². The lowest BCUT2D eigenvalue weighted by atomic mass is 10.1. The fraction of sp³-hybridized carbons (Fsp3) is 0.800. The van der Waals surface area contributed by atoms with Gasteiger partial charge >= 0.3 is 0 Å². The van der Waals surface area contributed by atoms with Crippen LogP contribution in [0.1, 0.15) is 26.7 Å². The fourth-order valence-electron chi connectivity index (χ4n) is 1.34. The first-order valence-electron chi connectivity index (χ1n) is 4.62. The van der Waals surface area contributed by atoms with Crippen LogP contribution in [0.5, 0.6) is 0 Å². The zero-order chi connectivity index (χ0) is 10.3. The molecular weight excluding hydrogens is 162 g/mol. The Morgan fingerprint density at radius 2 is 2.00 bits per heavy atom. The highest BCUT2D eigenvalue weighted by atomic mass is 15.1. The third-order valence-electron chi connectivity index (χ3n) is 2.20. The summed E-state index contributed by atoms with van der Waals surface area (Å²) in [7, 11) is 1.97. The Morgan fingerprint density at radius 1 is 1.38 bits per heavy atom. The number of nitriles is 2. The molecule has 0 radical (unpaired) electrons. The molecule has 0 heterocycles. The molecule has 0 saturated carbocycles. The van der Waals surface area contributed by atoms with Crippen molar-refractivity contribution in [3.05, 3.63) is 0 Å². The molecule has 0 N–H and O–H groups in total. The van der Waals surface area contributed by atoms with Gasteiger partial charge in [0.05, 0.1) is 24.5 Å². The minimum Gasteiger partial charge on any atom is -0.301 e. The fourth-order valence-corrected chi connectivity index (χ4v) is 1.34. The topological polar surface area (TPSA) is 50.8 Å². The zero-order valence-electron chi connectivity index (χ0n) is 8.62. The predicted molar refractivity (Wildman–Crippen MR) is 51.7 cm³/mol. The maximum absolute atomic E-state index is 8.63. The average Bonchev–Trinajstić information content (AvgIpc) is 2.13. The summed E-state index contributed by atoms with van der Waals surface area (Å²) in [6.45, 7) is 4.71. The molecule has 72 valence electrons. The second-order valence-electron chi connectivity index (χ2n) is 3.39. The minimum atomic E-state index is 0.0396. The van der Waals surface area contributed by atoms with Crippen LogP contribution in [0.15, 0.2) is 0 Å². The number of rotatable bonds is 5. The van der Waals surface area contributed by atoms with Gasteiger partial charge in [-0.05, 0) is 20.4 Å². The Balaban J connectivity index is 4.00. The standard InChI is InChI=1S/C10H17N3/c1-4-10(5-6-11)13(3)8-9(2)7-12/h9-10H,4-5,8H2,1-3H3. The lowest BCUT2D eigenvalue weighted by Crippen LogP contribution is -2.34. The highest BCUT2D eigenvalue weighted by Crippen LogP contribution is 2.08. The minimum absolute atomic E-state index is 0.0396. The van der Waals surface area contributed by atoms with Gasteiger partial charge in [-0.1, -0.05) is 6.92 Å². The van der Waals surface area contributed by atoms with E-state index in [9.17, 15) is 0 Å². The molecule has 0 spiro atoms. The van der Waals surface area contributed by atoms with Crippen LogP contribution < -0.4 is 0 Å². The normalized spacial score (nSPS) is 14.6. The van der Waals surface area contributed by atoms with Gasteiger partial charge < -0.3 is 4.90 Å². The van der Waals surface area contributed by atoms with Crippen molar-refractivity contribution in [3.8, 4) is 12.1 Å². The first kappa shape index (κ1) is 11.9. The quantitative estimate of drug-likeness (QED) is 0.646. The van der Waals surface area contributed by atoms with E-state index >= 15 is 0 Å². The van der Waals surface area contributed by atoms with Crippen molar-refractivity contribution in [3.63, 3.8) is 0 Å². The van der Waals surface area contributed by atoms with E-state index in [-0.39, 0.29) is 5.92 Å². The van der Waals surface area contributed by atoms with Crippen molar-refractivity contribution in [2.45, 2.75) is 32.7 Å². The molecule has 0 aliphatic heterocycles. The maximum Gasteiger partial charge on any atom is 0.0666 e. The van der Waals surface area contributed by atoms with Gasteiger partial charge in [0.25, 0.3) is 0 Å². The van der Waals surface area contributed by atoms with Gasteiger partial charge in [-0.3, -0.25) is 0 Å². The summed E-state index contributed by atoms with van der Waals surface area (Å²) in [5.41, 5.74) is 0. The summed E-state index contributed by atoms with van der Waals surface area (Å²) in [6.07, 6.45) is 1.51. The Hall–Kier alpha value is -1.06. The second kappa shape index (κ2) is 6.46. The second-order valence-corrected chi connectivity index (χ2v) is 3.39. The Labute approximate surface area is 80.6 Å². The summed E-state index contributed by atoms with van der Waals surface area (Å²) >= 11 is 0. The van der Waals surface area contributed by atoms with Gasteiger partial charge in [-0.15, -0.1) is 0 Å². The largest absolute Gasteiger partial charge is 0.301 e. The molecule has 0 aromatic carbocycles. The molecule has 0 fully saturated rings. The van der Waals surface area contributed by atoms with E-state index in [4.69, 9.17) is 10.5 Å². The molecule has 3 nitrogen and oxygen atoms in total. The van der Waals surface area contributed by atoms with Crippen LogP contribution in [0.3, 0.4) is 0 Å². The first-order valence-corrected chi connectivity index (χ1v) is 4.62. The van der Waals surface area contributed by atoms with Crippen LogP contribution in [0.2, 0.25) is 0 Å². The van der Waals surface area contributed by atoms with Crippen molar-refractivity contribution in [2.24, 2.45) is 5.92 Å². The molecule has 0 rings (SSSR count). The smallest absolute Gasteiger partial charge is 0.0666 e. The zero-order valence-corrected chi connectivity index (χ0v) is 8.62. The van der Waals surface area contributed by atoms with Gasteiger partial charge in [0.2, 0.25) is 0 Å². The van der Waals surface area contributed by atoms with E-state index < -0.39 is 0 Å². The van der Waals surface area contributed by atoms with E-state index in [2.05, 4.69) is 24.0 Å². The predicted octanol–water partition coefficient (Wildman–Crippen LogP) is 1.77. The van der Waals surface area contributed by atoms with Crippen molar-refractivity contribution in [1.29, 1.82) is 10.5 Å². The SMILES string of the molecule is CCC(CC#N)N(C)CC(C)C#N. The van der Waals surface area contributed by atoms with Gasteiger partial charge in [0, 0.05) is 12.6 Å². The Kier molecular flexibility index (Phi) is 5.93. The molecular formula is C10H17N3. The van der Waals surface area contributed by atoms with Crippen LogP contribution in [-0.2, 0) is 0 Å². The number of hydrogen-bond acceptors (Lipinski definition) is 3. The third kappa shape index (κ3) is 4.50. The first-order chi connectivity index (χ1) is 6.15. The Morgan fingerprint density at radius 3 is 2.38 bits per heavy atom. The van der Waals surface area contributed by atoms with E-state index in [1.54, 1.807) is 0 Å². The summed E-state index contributed by atoms with van der Waals surface area (Å²) in [4.78, 5) is 2.09. The summed E-state index contributed by atoms with van der Waals surface area (Å²) in [6, 6.07) is 4.65. The molecule has 0 bridgehead atoms. The van der Waals surface area contributed by atoms with Crippen molar-refractivity contribution < 1.29 is 0 Å². The van der Waals surface area contributed by atoms with Gasteiger partial charge in [0.1, 0.15) is 0 Å². The van der Waals surface area contributed by atoms with E-state index in [0.717, 1.165) is 13.0 Å². The highest BCUT2D eigenvalue weighted by molar-refractivity contribution is 4.85. The molecule has 0 aromatic rings. The van der Waals surface area contributed by atoms with Gasteiger partial charge in [-0.2, -0.15) is 10.5 Å². The number of hydrogen-bond donors (Lipinski definition) is 0. The molecule has 0 amide bonds. The summed E-state index contributed by atoms with van der Waals surface area (Å²) in [5.74, 6) is 0.0396. The van der Waals surface area contributed by atoms with Crippen LogP contribution in [0.25, 0.3) is 0 Å². The van der Waals surface area contributed by atoms with Gasteiger partial charge in [-0.25, -0.2) is 0 Å².